The highest BCUT2D eigenvalue weighted by Crippen LogP contribution is 2.28. The molecular formula is C17H15Cl3O2Si. The summed E-state index contributed by atoms with van der Waals surface area (Å²) >= 11 is 16.2. The van der Waals surface area contributed by atoms with E-state index in [1.807, 2.05) is 61.5 Å². The molecule has 23 heavy (non-hydrogen) atoms. The largest absolute Gasteiger partial charge is 0.478 e. The zero-order chi connectivity index (χ0) is 17.0. The first-order chi connectivity index (χ1) is 10.8. The number of aromatic carboxylic acids is 1. The maximum atomic E-state index is 11.4. The van der Waals surface area contributed by atoms with E-state index < -0.39 is 12.0 Å². The van der Waals surface area contributed by atoms with Crippen molar-refractivity contribution in [2.75, 3.05) is 0 Å². The van der Waals surface area contributed by atoms with Crippen LogP contribution in [0, 0.1) is 0 Å². The molecule has 0 fully saturated rings. The Morgan fingerprint density at radius 2 is 1.35 bits per heavy atom. The second-order valence-electron chi connectivity index (χ2n) is 4.97. The number of carboxylic acids is 1. The molecule has 0 unspecified atom stereocenters. The highest BCUT2D eigenvalue weighted by atomic mass is 35.8. The Hall–Kier alpha value is -1.26. The minimum Gasteiger partial charge on any atom is -0.478 e. The van der Waals surface area contributed by atoms with E-state index >= 15 is 0 Å². The summed E-state index contributed by atoms with van der Waals surface area (Å²) in [5.41, 5.74) is 0.388. The van der Waals surface area contributed by atoms with E-state index in [-0.39, 0.29) is 0 Å². The van der Waals surface area contributed by atoms with Gasteiger partial charge in [0, 0.05) is 0 Å². The molecule has 0 aliphatic carbocycles. The number of carboxylic acid groups (broad SMARTS) is 1. The number of halogens is 3. The Balaban J connectivity index is 0.000000277. The fourth-order valence-electron chi connectivity index (χ4n) is 2.24. The van der Waals surface area contributed by atoms with Crippen molar-refractivity contribution >= 4 is 66.8 Å². The molecule has 2 nitrogen and oxygen atoms in total. The molecule has 0 heterocycles. The third kappa shape index (κ3) is 4.61. The summed E-state index contributed by atoms with van der Waals surface area (Å²) in [5, 5.41) is 12.9. The minimum atomic E-state index is -2.21. The van der Waals surface area contributed by atoms with Crippen molar-refractivity contribution < 1.29 is 9.90 Å². The zero-order valence-electron chi connectivity index (χ0n) is 12.4. The number of rotatable bonds is 2. The monoisotopic (exact) mass is 384 g/mol. The smallest absolute Gasteiger partial charge is 0.341 e. The summed E-state index contributed by atoms with van der Waals surface area (Å²) in [5.74, 6) is -0.877. The molecule has 0 spiro atoms. The van der Waals surface area contributed by atoms with E-state index in [4.69, 9.17) is 33.2 Å². The third-order valence-electron chi connectivity index (χ3n) is 3.39. The Morgan fingerprint density at radius 3 is 1.70 bits per heavy atom. The molecule has 0 atom stereocenters. The summed E-state index contributed by atoms with van der Waals surface area (Å²) in [4.78, 5) is 11.4. The van der Waals surface area contributed by atoms with E-state index in [1.165, 1.54) is 0 Å². The van der Waals surface area contributed by atoms with Gasteiger partial charge in [-0.25, -0.2) is 4.79 Å². The van der Waals surface area contributed by atoms with Crippen LogP contribution in [-0.4, -0.2) is 17.1 Å². The van der Waals surface area contributed by atoms with Gasteiger partial charge in [-0.15, -0.1) is 33.2 Å². The lowest BCUT2D eigenvalue weighted by molar-refractivity contribution is 0.0701. The Labute approximate surface area is 149 Å². The fraction of sp³-hybridized carbons (Fsp3) is 0.118. The van der Waals surface area contributed by atoms with Gasteiger partial charge in [0.15, 0.2) is 0 Å². The van der Waals surface area contributed by atoms with Crippen LogP contribution < -0.4 is 0 Å². The van der Waals surface area contributed by atoms with Crippen molar-refractivity contribution in [3.05, 3.63) is 60.2 Å². The van der Waals surface area contributed by atoms with Gasteiger partial charge < -0.3 is 5.11 Å². The molecule has 0 aromatic heterocycles. The minimum absolute atomic E-state index is 0.388. The van der Waals surface area contributed by atoms with Crippen molar-refractivity contribution in [3.63, 3.8) is 0 Å². The molecule has 120 valence electrons. The van der Waals surface area contributed by atoms with Gasteiger partial charge in [-0.2, -0.15) is 0 Å². The van der Waals surface area contributed by atoms with Crippen LogP contribution in [0.4, 0.5) is 0 Å². The Kier molecular flexibility index (Phi) is 5.93. The predicted molar refractivity (Wildman–Crippen MR) is 102 cm³/mol. The lowest BCUT2D eigenvalue weighted by atomic mass is 9.97. The van der Waals surface area contributed by atoms with Crippen LogP contribution in [0.5, 0.6) is 0 Å². The van der Waals surface area contributed by atoms with Crippen molar-refractivity contribution in [3.8, 4) is 0 Å². The van der Waals surface area contributed by atoms with Crippen LogP contribution in [0.2, 0.25) is 6.04 Å². The van der Waals surface area contributed by atoms with Gasteiger partial charge in [0.1, 0.15) is 0 Å². The predicted octanol–water partition coefficient (Wildman–Crippen LogP) is 6.35. The normalized spacial score (nSPS) is 11.1. The summed E-state index contributed by atoms with van der Waals surface area (Å²) in [6, 6.07) is 15.7. The SMILES string of the molecule is CC[Si](Cl)(Cl)Cl.O=C(O)c1c2ccccc2cc2ccccc12. The number of benzene rings is 3. The number of carbonyl (C=O) groups is 1. The van der Waals surface area contributed by atoms with Crippen molar-refractivity contribution in [1.29, 1.82) is 0 Å². The van der Waals surface area contributed by atoms with Crippen molar-refractivity contribution in [2.24, 2.45) is 0 Å². The summed E-state index contributed by atoms with van der Waals surface area (Å²) in [6.45, 7) is 1.87. The van der Waals surface area contributed by atoms with Crippen LogP contribution in [-0.2, 0) is 0 Å². The molecule has 0 aliphatic rings. The maximum Gasteiger partial charge on any atom is 0.341 e. The van der Waals surface area contributed by atoms with Gasteiger partial charge in [0.25, 0.3) is 0 Å². The first-order valence-corrected chi connectivity index (χ1v) is 12.3. The summed E-state index contributed by atoms with van der Waals surface area (Å²) < 4.78 is 0. The average molecular weight is 386 g/mol. The van der Waals surface area contributed by atoms with Crippen molar-refractivity contribution in [2.45, 2.75) is 13.0 Å². The zero-order valence-corrected chi connectivity index (χ0v) is 15.7. The van der Waals surface area contributed by atoms with Crippen LogP contribution in [0.3, 0.4) is 0 Å². The van der Waals surface area contributed by atoms with Crippen LogP contribution in [0.15, 0.2) is 54.6 Å². The van der Waals surface area contributed by atoms with Crippen LogP contribution in [0.25, 0.3) is 21.5 Å². The van der Waals surface area contributed by atoms with E-state index in [0.717, 1.165) is 21.5 Å². The fourth-order valence-corrected chi connectivity index (χ4v) is 2.24. The second-order valence-corrected chi connectivity index (χ2v) is 14.5. The average Bonchev–Trinajstić information content (AvgIpc) is 2.52. The van der Waals surface area contributed by atoms with Gasteiger partial charge in [0.2, 0.25) is 0 Å². The van der Waals surface area contributed by atoms with Crippen LogP contribution in [0.1, 0.15) is 17.3 Å². The lowest BCUT2D eigenvalue weighted by Gasteiger charge is -2.07. The first kappa shape index (κ1) is 18.1. The molecular weight excluding hydrogens is 371 g/mol. The highest BCUT2D eigenvalue weighted by molar-refractivity contribution is 7.64. The van der Waals surface area contributed by atoms with E-state index in [9.17, 15) is 9.90 Å². The van der Waals surface area contributed by atoms with E-state index in [2.05, 4.69) is 0 Å². The number of hydrogen-bond acceptors (Lipinski definition) is 1. The van der Waals surface area contributed by atoms with Crippen molar-refractivity contribution in [1.82, 2.24) is 0 Å². The molecule has 0 saturated carbocycles. The molecule has 0 bridgehead atoms. The second kappa shape index (κ2) is 7.54. The molecule has 3 rings (SSSR count). The Morgan fingerprint density at radius 1 is 0.957 bits per heavy atom. The van der Waals surface area contributed by atoms with Gasteiger partial charge in [-0.1, -0.05) is 55.5 Å². The molecule has 0 saturated heterocycles. The van der Waals surface area contributed by atoms with Crippen LogP contribution >= 0.6 is 33.2 Å². The van der Waals surface area contributed by atoms with E-state index in [0.29, 0.717) is 11.6 Å². The molecule has 1 N–H and O–H groups in total. The molecule has 0 amide bonds. The van der Waals surface area contributed by atoms with Gasteiger partial charge >= 0.3 is 12.0 Å². The summed E-state index contributed by atoms with van der Waals surface area (Å²) in [7, 11) is 0. The first-order valence-electron chi connectivity index (χ1n) is 7.04. The highest BCUT2D eigenvalue weighted by Gasteiger charge is 2.20. The maximum absolute atomic E-state index is 11.4. The third-order valence-corrected chi connectivity index (χ3v) is 6.59. The quantitative estimate of drug-likeness (QED) is 0.317. The topological polar surface area (TPSA) is 37.3 Å². The molecule has 3 aromatic carbocycles. The van der Waals surface area contributed by atoms with E-state index in [1.54, 1.807) is 0 Å². The van der Waals surface area contributed by atoms with Gasteiger partial charge in [-0.05, 0) is 33.7 Å². The summed E-state index contributed by atoms with van der Waals surface area (Å²) in [6.07, 6.45) is 0. The van der Waals surface area contributed by atoms with Gasteiger partial charge in [-0.3, -0.25) is 0 Å². The molecule has 0 radical (unpaired) electrons. The lowest BCUT2D eigenvalue weighted by Crippen LogP contribution is -2.04. The molecule has 0 aliphatic heterocycles. The standard InChI is InChI=1S/C15H10O2.C2H5Cl3Si/c16-15(17)14-12-7-3-1-5-10(12)9-11-6-2-4-8-13(11)14;1-2-6(3,4)5/h1-9H,(H,16,17);2H2,1H3. The Bertz CT molecular complexity index is 790. The molecule has 6 heteroatoms. The number of hydrogen-bond donors (Lipinski definition) is 1. The molecule has 3 aromatic rings. The number of fused-ring (bicyclic) bond motifs is 2. The van der Waals surface area contributed by atoms with Gasteiger partial charge in [0.05, 0.1) is 5.56 Å².